The summed E-state index contributed by atoms with van der Waals surface area (Å²) >= 11 is 2.00. The van der Waals surface area contributed by atoms with Crippen LogP contribution >= 0.6 is 11.8 Å². The molecular weight excluding hydrogens is 256 g/mol. The molecular formula is C15H28N2OS. The average Bonchev–Trinajstić information content (AvgIpc) is 2.86. The molecule has 0 bridgehead atoms. The monoisotopic (exact) mass is 284 g/mol. The average molecular weight is 284 g/mol. The van der Waals surface area contributed by atoms with Crippen LogP contribution in [0.2, 0.25) is 0 Å². The number of rotatable bonds is 3. The number of carbonyl (C=O) groups is 1. The Morgan fingerprint density at radius 1 is 1.37 bits per heavy atom. The Hall–Kier alpha value is -0.220. The van der Waals surface area contributed by atoms with Crippen molar-refractivity contribution in [2.45, 2.75) is 57.7 Å². The van der Waals surface area contributed by atoms with Crippen LogP contribution in [0.25, 0.3) is 0 Å². The van der Waals surface area contributed by atoms with Gasteiger partial charge in [-0.1, -0.05) is 20.8 Å². The molecule has 0 aromatic carbocycles. The van der Waals surface area contributed by atoms with Crippen molar-refractivity contribution in [3.63, 3.8) is 0 Å². The van der Waals surface area contributed by atoms with Crippen molar-refractivity contribution < 1.29 is 4.79 Å². The standard InChI is InChI=1S/C15H28N2OS/c1-10-13(16)7-6-12(15(10,2)3)14(18)17-9-11-5-4-8-19-11/h10-13H,4-9,16H2,1-3H3,(H,17,18). The molecule has 4 heteroatoms. The highest BCUT2D eigenvalue weighted by Gasteiger charge is 2.44. The van der Waals surface area contributed by atoms with Crippen molar-refractivity contribution >= 4 is 17.7 Å². The van der Waals surface area contributed by atoms with Gasteiger partial charge in [0.05, 0.1) is 0 Å². The molecule has 2 rings (SSSR count). The Morgan fingerprint density at radius 3 is 2.74 bits per heavy atom. The molecule has 0 aromatic rings. The predicted molar refractivity (Wildman–Crippen MR) is 82.1 cm³/mol. The van der Waals surface area contributed by atoms with E-state index in [9.17, 15) is 4.79 Å². The van der Waals surface area contributed by atoms with Crippen LogP contribution in [0.1, 0.15) is 46.5 Å². The van der Waals surface area contributed by atoms with E-state index >= 15 is 0 Å². The predicted octanol–water partition coefficient (Wildman–Crippen LogP) is 2.40. The lowest BCUT2D eigenvalue weighted by Gasteiger charge is -2.46. The van der Waals surface area contributed by atoms with E-state index in [-0.39, 0.29) is 23.3 Å². The lowest BCUT2D eigenvalue weighted by molar-refractivity contribution is -0.132. The molecule has 1 aliphatic heterocycles. The van der Waals surface area contributed by atoms with Gasteiger partial charge in [0.2, 0.25) is 5.91 Å². The van der Waals surface area contributed by atoms with E-state index in [1.54, 1.807) is 0 Å². The molecule has 2 fully saturated rings. The van der Waals surface area contributed by atoms with Crippen molar-refractivity contribution in [2.24, 2.45) is 23.0 Å². The van der Waals surface area contributed by atoms with Crippen LogP contribution in [0.4, 0.5) is 0 Å². The molecule has 0 radical (unpaired) electrons. The van der Waals surface area contributed by atoms with E-state index < -0.39 is 0 Å². The van der Waals surface area contributed by atoms with Gasteiger partial charge in [-0.25, -0.2) is 0 Å². The minimum Gasteiger partial charge on any atom is -0.355 e. The first-order valence-corrected chi connectivity index (χ1v) is 8.62. The van der Waals surface area contributed by atoms with Crippen LogP contribution in [0.3, 0.4) is 0 Å². The van der Waals surface area contributed by atoms with Crippen LogP contribution in [-0.2, 0) is 4.79 Å². The fraction of sp³-hybridized carbons (Fsp3) is 0.933. The molecule has 4 atom stereocenters. The molecule has 19 heavy (non-hydrogen) atoms. The van der Waals surface area contributed by atoms with E-state index in [4.69, 9.17) is 5.73 Å². The number of hydrogen-bond acceptors (Lipinski definition) is 3. The molecule has 1 aliphatic carbocycles. The third-order valence-corrected chi connectivity index (χ3v) is 6.75. The summed E-state index contributed by atoms with van der Waals surface area (Å²) in [6, 6.07) is 0.240. The maximum Gasteiger partial charge on any atom is 0.223 e. The van der Waals surface area contributed by atoms with Gasteiger partial charge < -0.3 is 11.1 Å². The Labute approximate surface area is 121 Å². The number of nitrogens with one attached hydrogen (secondary N) is 1. The summed E-state index contributed by atoms with van der Waals surface area (Å²) in [4.78, 5) is 12.5. The third kappa shape index (κ3) is 3.27. The molecule has 0 aromatic heterocycles. The van der Waals surface area contributed by atoms with Crippen LogP contribution in [0.15, 0.2) is 0 Å². The Bertz CT molecular complexity index is 326. The highest BCUT2D eigenvalue weighted by molar-refractivity contribution is 8.00. The van der Waals surface area contributed by atoms with E-state index in [0.717, 1.165) is 19.4 Å². The third-order valence-electron chi connectivity index (χ3n) is 5.35. The van der Waals surface area contributed by atoms with Gasteiger partial charge in [-0.05, 0) is 42.8 Å². The van der Waals surface area contributed by atoms with Crippen molar-refractivity contribution in [1.82, 2.24) is 5.32 Å². The topological polar surface area (TPSA) is 55.1 Å². The van der Waals surface area contributed by atoms with Gasteiger partial charge in [0.15, 0.2) is 0 Å². The second-order valence-corrected chi connectivity index (χ2v) is 8.19. The normalized spacial score (nSPS) is 38.1. The van der Waals surface area contributed by atoms with Crippen molar-refractivity contribution in [2.75, 3.05) is 12.3 Å². The van der Waals surface area contributed by atoms with E-state index in [0.29, 0.717) is 11.2 Å². The van der Waals surface area contributed by atoms with Gasteiger partial charge in [-0.3, -0.25) is 4.79 Å². The van der Waals surface area contributed by atoms with Crippen molar-refractivity contribution in [3.05, 3.63) is 0 Å². The van der Waals surface area contributed by atoms with Crippen LogP contribution in [0.5, 0.6) is 0 Å². The first-order valence-electron chi connectivity index (χ1n) is 7.58. The van der Waals surface area contributed by atoms with E-state index in [1.165, 1.54) is 18.6 Å². The maximum absolute atomic E-state index is 12.5. The quantitative estimate of drug-likeness (QED) is 0.837. The molecule has 1 saturated carbocycles. The Kier molecular flexibility index (Phi) is 4.83. The number of hydrogen-bond donors (Lipinski definition) is 2. The Morgan fingerprint density at radius 2 is 2.11 bits per heavy atom. The SMILES string of the molecule is CC1C(N)CCC(C(=O)NCC2CCCS2)C1(C)C. The largest absolute Gasteiger partial charge is 0.355 e. The van der Waals surface area contributed by atoms with Gasteiger partial charge in [-0.15, -0.1) is 0 Å². The molecule has 2 aliphatic rings. The van der Waals surface area contributed by atoms with Crippen molar-refractivity contribution in [1.29, 1.82) is 0 Å². The molecule has 4 unspecified atom stereocenters. The minimum absolute atomic E-state index is 0.00453. The smallest absolute Gasteiger partial charge is 0.223 e. The fourth-order valence-electron chi connectivity index (χ4n) is 3.46. The summed E-state index contributed by atoms with van der Waals surface area (Å²) in [5.41, 5.74) is 6.16. The lowest BCUT2D eigenvalue weighted by atomic mass is 9.61. The highest BCUT2D eigenvalue weighted by Crippen LogP contribution is 2.44. The van der Waals surface area contributed by atoms with Crippen LogP contribution in [0, 0.1) is 17.3 Å². The maximum atomic E-state index is 12.5. The Balaban J connectivity index is 1.90. The first kappa shape index (κ1) is 15.2. The van der Waals surface area contributed by atoms with E-state index in [2.05, 4.69) is 26.1 Å². The lowest BCUT2D eigenvalue weighted by Crippen LogP contribution is -2.52. The first-order chi connectivity index (χ1) is 8.93. The number of carbonyl (C=O) groups excluding carboxylic acids is 1. The van der Waals surface area contributed by atoms with Gasteiger partial charge >= 0.3 is 0 Å². The summed E-state index contributed by atoms with van der Waals surface area (Å²) in [7, 11) is 0. The van der Waals surface area contributed by atoms with E-state index in [1.807, 2.05) is 11.8 Å². The highest BCUT2D eigenvalue weighted by atomic mass is 32.2. The van der Waals surface area contributed by atoms with Crippen LogP contribution in [-0.4, -0.2) is 29.5 Å². The number of nitrogens with two attached hydrogens (primary N) is 1. The second-order valence-electron chi connectivity index (χ2n) is 6.78. The van der Waals surface area contributed by atoms with Gasteiger partial charge in [0.1, 0.15) is 0 Å². The molecule has 1 heterocycles. The molecule has 3 N–H and O–H groups in total. The summed E-state index contributed by atoms with van der Waals surface area (Å²) in [5.74, 6) is 2.02. The van der Waals surface area contributed by atoms with Gasteiger partial charge in [-0.2, -0.15) is 11.8 Å². The molecule has 110 valence electrons. The molecule has 1 amide bonds. The zero-order chi connectivity index (χ0) is 14.0. The fourth-order valence-corrected chi connectivity index (χ4v) is 4.66. The molecule has 0 spiro atoms. The minimum atomic E-state index is 0.00453. The summed E-state index contributed by atoms with van der Waals surface area (Å²) in [6.45, 7) is 7.43. The molecule has 3 nitrogen and oxygen atoms in total. The summed E-state index contributed by atoms with van der Waals surface area (Å²) < 4.78 is 0. The zero-order valence-corrected chi connectivity index (χ0v) is 13.3. The van der Waals surface area contributed by atoms with Crippen LogP contribution < -0.4 is 11.1 Å². The van der Waals surface area contributed by atoms with Crippen molar-refractivity contribution in [3.8, 4) is 0 Å². The number of thioether (sulfide) groups is 1. The molecule has 1 saturated heterocycles. The van der Waals surface area contributed by atoms with Gasteiger partial charge in [0, 0.05) is 23.8 Å². The summed E-state index contributed by atoms with van der Waals surface area (Å²) in [5, 5.41) is 3.82. The summed E-state index contributed by atoms with van der Waals surface area (Å²) in [6.07, 6.45) is 4.45. The zero-order valence-electron chi connectivity index (χ0n) is 12.4. The van der Waals surface area contributed by atoms with Gasteiger partial charge in [0.25, 0.3) is 0 Å². The second kappa shape index (κ2) is 6.04. The number of amides is 1.